The van der Waals surface area contributed by atoms with Crippen LogP contribution in [0.3, 0.4) is 0 Å². The number of methoxy groups -OCH3 is 1. The fourth-order valence-corrected chi connectivity index (χ4v) is 1.88. The average molecular weight is 268 g/mol. The number of hydrogen-bond acceptors (Lipinski definition) is 3. The first-order valence-corrected chi connectivity index (χ1v) is 6.65. The van der Waals surface area contributed by atoms with Crippen molar-refractivity contribution in [2.24, 2.45) is 0 Å². The van der Waals surface area contributed by atoms with Gasteiger partial charge in [-0.25, -0.2) is 4.39 Å². The third-order valence-corrected chi connectivity index (χ3v) is 2.89. The van der Waals surface area contributed by atoms with Crippen LogP contribution in [0.4, 0.5) is 4.39 Å². The third-order valence-electron chi connectivity index (χ3n) is 2.89. The number of ether oxygens (including phenoxy) is 1. The summed E-state index contributed by atoms with van der Waals surface area (Å²) in [6.45, 7) is 10.1. The lowest BCUT2D eigenvalue weighted by atomic mass is 10.1. The molecule has 4 heteroatoms. The lowest BCUT2D eigenvalue weighted by molar-refractivity contribution is 0.393. The highest BCUT2D eigenvalue weighted by Gasteiger charge is 2.13. The summed E-state index contributed by atoms with van der Waals surface area (Å²) in [7, 11) is 1.60. The van der Waals surface area contributed by atoms with Crippen molar-refractivity contribution in [3.8, 4) is 5.75 Å². The Kier molecular flexibility index (Phi) is 5.76. The van der Waals surface area contributed by atoms with Gasteiger partial charge in [-0.1, -0.05) is 0 Å². The summed E-state index contributed by atoms with van der Waals surface area (Å²) in [5.74, 6) is 0.474. The molecule has 0 saturated carbocycles. The van der Waals surface area contributed by atoms with Crippen molar-refractivity contribution in [1.29, 1.82) is 0 Å². The molecular weight excluding hydrogens is 243 g/mol. The van der Waals surface area contributed by atoms with Gasteiger partial charge in [-0.2, -0.15) is 0 Å². The van der Waals surface area contributed by atoms with E-state index in [9.17, 15) is 4.39 Å². The van der Waals surface area contributed by atoms with Crippen molar-refractivity contribution in [2.45, 2.75) is 39.3 Å². The third kappa shape index (κ3) is 5.57. The molecular formula is C15H25FN2O. The van der Waals surface area contributed by atoms with Gasteiger partial charge in [-0.05, 0) is 45.9 Å². The molecule has 1 aromatic carbocycles. The van der Waals surface area contributed by atoms with Gasteiger partial charge in [-0.3, -0.25) is 0 Å². The van der Waals surface area contributed by atoms with E-state index in [2.05, 4.69) is 31.4 Å². The first-order valence-electron chi connectivity index (χ1n) is 6.65. The van der Waals surface area contributed by atoms with Crippen LogP contribution >= 0.6 is 0 Å². The smallest absolute Gasteiger partial charge is 0.123 e. The van der Waals surface area contributed by atoms with E-state index in [0.29, 0.717) is 5.75 Å². The number of benzene rings is 1. The van der Waals surface area contributed by atoms with Crippen LogP contribution in [0, 0.1) is 5.82 Å². The Labute approximate surface area is 115 Å². The molecule has 0 aliphatic carbocycles. The van der Waals surface area contributed by atoms with Gasteiger partial charge in [0.15, 0.2) is 0 Å². The summed E-state index contributed by atoms with van der Waals surface area (Å²) in [5, 5.41) is 6.77. The molecule has 19 heavy (non-hydrogen) atoms. The van der Waals surface area contributed by atoms with Crippen LogP contribution in [0.15, 0.2) is 18.2 Å². The van der Waals surface area contributed by atoms with Gasteiger partial charge in [0.25, 0.3) is 0 Å². The summed E-state index contributed by atoms with van der Waals surface area (Å²) in [4.78, 5) is 0. The molecule has 1 atom stereocenters. The van der Waals surface area contributed by atoms with Crippen molar-refractivity contribution in [3.05, 3.63) is 29.6 Å². The zero-order valence-corrected chi connectivity index (χ0v) is 12.5. The van der Waals surface area contributed by atoms with Crippen molar-refractivity contribution < 1.29 is 9.13 Å². The number of rotatable bonds is 6. The normalized spacial score (nSPS) is 13.4. The molecule has 0 fully saturated rings. The number of nitrogens with one attached hydrogen (secondary N) is 2. The maximum atomic E-state index is 13.3. The van der Waals surface area contributed by atoms with Gasteiger partial charge < -0.3 is 15.4 Å². The summed E-state index contributed by atoms with van der Waals surface area (Å²) in [6.07, 6.45) is 0. The van der Waals surface area contributed by atoms with Crippen LogP contribution in [0.25, 0.3) is 0 Å². The highest BCUT2D eigenvalue weighted by Crippen LogP contribution is 2.25. The Bertz CT molecular complexity index is 402. The Morgan fingerprint density at radius 3 is 2.53 bits per heavy atom. The lowest BCUT2D eigenvalue weighted by Crippen LogP contribution is -2.40. The minimum atomic E-state index is -0.239. The molecule has 0 bridgehead atoms. The molecule has 0 heterocycles. The Morgan fingerprint density at radius 2 is 1.95 bits per heavy atom. The van der Waals surface area contributed by atoms with Crippen LogP contribution in [-0.2, 0) is 0 Å². The van der Waals surface area contributed by atoms with Gasteiger partial charge >= 0.3 is 0 Å². The molecule has 0 saturated heterocycles. The minimum absolute atomic E-state index is 0.0485. The maximum Gasteiger partial charge on any atom is 0.123 e. The SMILES string of the molecule is COc1ccc(F)cc1C(C)NCCNC(C)(C)C. The standard InChI is InChI=1S/C15H25FN2O/c1-11(17-8-9-18-15(2,3)4)13-10-12(16)6-7-14(13)19-5/h6-7,10-11,17-18H,8-9H2,1-5H3. The van der Waals surface area contributed by atoms with Gasteiger partial charge in [0.05, 0.1) is 7.11 Å². The number of hydrogen-bond donors (Lipinski definition) is 2. The molecule has 1 rings (SSSR count). The molecule has 0 amide bonds. The molecule has 3 nitrogen and oxygen atoms in total. The maximum absolute atomic E-state index is 13.3. The molecule has 1 aromatic rings. The zero-order chi connectivity index (χ0) is 14.5. The van der Waals surface area contributed by atoms with E-state index in [0.717, 1.165) is 18.7 Å². The van der Waals surface area contributed by atoms with E-state index >= 15 is 0 Å². The second kappa shape index (κ2) is 6.87. The highest BCUT2D eigenvalue weighted by atomic mass is 19.1. The fourth-order valence-electron chi connectivity index (χ4n) is 1.88. The Morgan fingerprint density at radius 1 is 1.26 bits per heavy atom. The molecule has 0 spiro atoms. The first kappa shape index (κ1) is 15.9. The van der Waals surface area contributed by atoms with Crippen LogP contribution in [0.5, 0.6) is 5.75 Å². The predicted octanol–water partition coefficient (Wildman–Crippen LogP) is 2.87. The van der Waals surface area contributed by atoms with E-state index in [-0.39, 0.29) is 17.4 Å². The lowest BCUT2D eigenvalue weighted by Gasteiger charge is -2.22. The molecule has 0 radical (unpaired) electrons. The molecule has 0 aromatic heterocycles. The van der Waals surface area contributed by atoms with Crippen LogP contribution in [0.1, 0.15) is 39.3 Å². The van der Waals surface area contributed by atoms with Crippen molar-refractivity contribution >= 4 is 0 Å². The second-order valence-corrected chi connectivity index (χ2v) is 5.74. The monoisotopic (exact) mass is 268 g/mol. The molecule has 1 unspecified atom stereocenters. The first-order chi connectivity index (χ1) is 8.83. The molecule has 0 aliphatic heterocycles. The average Bonchev–Trinajstić information content (AvgIpc) is 2.33. The highest BCUT2D eigenvalue weighted by molar-refractivity contribution is 5.36. The Balaban J connectivity index is 2.53. The second-order valence-electron chi connectivity index (χ2n) is 5.74. The van der Waals surface area contributed by atoms with Crippen molar-refractivity contribution in [3.63, 3.8) is 0 Å². The number of halogens is 1. The minimum Gasteiger partial charge on any atom is -0.496 e. The summed E-state index contributed by atoms with van der Waals surface area (Å²) < 4.78 is 18.6. The van der Waals surface area contributed by atoms with Crippen molar-refractivity contribution in [2.75, 3.05) is 20.2 Å². The topological polar surface area (TPSA) is 33.3 Å². The summed E-state index contributed by atoms with van der Waals surface area (Å²) >= 11 is 0. The largest absolute Gasteiger partial charge is 0.496 e. The molecule has 2 N–H and O–H groups in total. The Hall–Kier alpha value is -1.13. The van der Waals surface area contributed by atoms with E-state index in [1.807, 2.05) is 6.92 Å². The van der Waals surface area contributed by atoms with E-state index in [4.69, 9.17) is 4.74 Å². The van der Waals surface area contributed by atoms with Gasteiger partial charge in [0.1, 0.15) is 11.6 Å². The molecule has 0 aliphatic rings. The van der Waals surface area contributed by atoms with Gasteiger partial charge in [0, 0.05) is 30.2 Å². The van der Waals surface area contributed by atoms with Crippen LogP contribution in [0.2, 0.25) is 0 Å². The quantitative estimate of drug-likeness (QED) is 0.778. The zero-order valence-electron chi connectivity index (χ0n) is 12.5. The van der Waals surface area contributed by atoms with Gasteiger partial charge in [0.2, 0.25) is 0 Å². The fraction of sp³-hybridized carbons (Fsp3) is 0.600. The van der Waals surface area contributed by atoms with Crippen LogP contribution in [-0.4, -0.2) is 25.7 Å². The summed E-state index contributed by atoms with van der Waals surface area (Å²) in [6, 6.07) is 4.65. The van der Waals surface area contributed by atoms with Crippen molar-refractivity contribution in [1.82, 2.24) is 10.6 Å². The van der Waals surface area contributed by atoms with E-state index in [1.165, 1.54) is 12.1 Å². The van der Waals surface area contributed by atoms with Crippen LogP contribution < -0.4 is 15.4 Å². The predicted molar refractivity (Wildman–Crippen MR) is 77.1 cm³/mol. The van der Waals surface area contributed by atoms with E-state index in [1.54, 1.807) is 13.2 Å². The van der Waals surface area contributed by atoms with Gasteiger partial charge in [-0.15, -0.1) is 0 Å². The summed E-state index contributed by atoms with van der Waals surface area (Å²) in [5.41, 5.74) is 0.958. The molecule has 108 valence electrons. The van der Waals surface area contributed by atoms with E-state index < -0.39 is 0 Å².